The van der Waals surface area contributed by atoms with Crippen molar-refractivity contribution < 1.29 is 24.0 Å². The fourth-order valence-corrected chi connectivity index (χ4v) is 4.20. The van der Waals surface area contributed by atoms with Crippen LogP contribution < -0.4 is 16.9 Å². The molecule has 0 radical (unpaired) electrons. The van der Waals surface area contributed by atoms with E-state index in [1.54, 1.807) is 36.5 Å². The average molecular weight is 534 g/mol. The van der Waals surface area contributed by atoms with Crippen LogP contribution in [-0.4, -0.2) is 49.7 Å². The van der Waals surface area contributed by atoms with E-state index in [0.29, 0.717) is 52.6 Å². The number of nitrogens with one attached hydrogen (secondary N) is 1. The molecule has 0 aliphatic carbocycles. The summed E-state index contributed by atoms with van der Waals surface area (Å²) in [7, 11) is 0. The normalized spacial score (nSPS) is 13.7. The van der Waals surface area contributed by atoms with Crippen molar-refractivity contribution in [3.63, 3.8) is 0 Å². The summed E-state index contributed by atoms with van der Waals surface area (Å²) in [5.41, 5.74) is 10.8. The maximum atomic E-state index is 12.9. The molecule has 1 aliphatic heterocycles. The maximum Gasteiger partial charge on any atom is 0.333 e. The van der Waals surface area contributed by atoms with Crippen LogP contribution in [0.25, 0.3) is 11.3 Å². The predicted molar refractivity (Wildman–Crippen MR) is 143 cm³/mol. The first-order valence-electron chi connectivity index (χ1n) is 12.5. The third-order valence-corrected chi connectivity index (χ3v) is 6.21. The van der Waals surface area contributed by atoms with Crippen molar-refractivity contribution in [1.29, 1.82) is 0 Å². The molecule has 12 heteroatoms. The van der Waals surface area contributed by atoms with E-state index >= 15 is 0 Å². The number of aromatic nitrogens is 2. The van der Waals surface area contributed by atoms with Crippen molar-refractivity contribution in [3.05, 3.63) is 71.3 Å². The molecule has 0 unspecified atom stereocenters. The van der Waals surface area contributed by atoms with Crippen LogP contribution in [0, 0.1) is 13.8 Å². The highest BCUT2D eigenvalue weighted by atomic mass is 16.7. The molecule has 3 aromatic rings. The number of rotatable bonds is 10. The number of benzene rings is 1. The van der Waals surface area contributed by atoms with Crippen LogP contribution in [0.5, 0.6) is 0 Å². The molecule has 3 amide bonds. The molecule has 1 aliphatic rings. The molecule has 0 atom stereocenters. The second-order valence-electron chi connectivity index (χ2n) is 9.32. The van der Waals surface area contributed by atoms with Gasteiger partial charge in [-0.15, -0.1) is 5.06 Å². The number of amides is 3. The zero-order valence-corrected chi connectivity index (χ0v) is 21.8. The van der Waals surface area contributed by atoms with Gasteiger partial charge in [0.15, 0.2) is 0 Å². The SMILES string of the molecule is Cc1cc(C)n2ccc(C(=O)Nc3ccc(/C(N)=C/N(N)CCCCC(=O)ON4C(=O)CCC4=O)cc3)c2n1. The summed E-state index contributed by atoms with van der Waals surface area (Å²) in [6.45, 7) is 4.27. The molecule has 0 spiro atoms. The fourth-order valence-electron chi connectivity index (χ4n) is 4.20. The van der Waals surface area contributed by atoms with Crippen molar-refractivity contribution in [2.24, 2.45) is 11.6 Å². The van der Waals surface area contributed by atoms with Crippen molar-refractivity contribution in [2.45, 2.75) is 46.0 Å². The molecule has 1 fully saturated rings. The van der Waals surface area contributed by atoms with Crippen molar-refractivity contribution in [3.8, 4) is 0 Å². The van der Waals surface area contributed by atoms with E-state index in [1.165, 1.54) is 5.01 Å². The number of hydrogen-bond acceptors (Lipinski definition) is 9. The van der Waals surface area contributed by atoms with Gasteiger partial charge < -0.3 is 25.3 Å². The molecular weight excluding hydrogens is 502 g/mol. The van der Waals surface area contributed by atoms with Crippen LogP contribution >= 0.6 is 0 Å². The molecule has 3 heterocycles. The number of aryl methyl sites for hydroxylation is 2. The van der Waals surface area contributed by atoms with E-state index < -0.39 is 17.8 Å². The fraction of sp³-hybridized carbons (Fsp3) is 0.296. The Morgan fingerprint density at radius 3 is 2.49 bits per heavy atom. The second-order valence-corrected chi connectivity index (χ2v) is 9.32. The molecule has 0 bridgehead atoms. The van der Waals surface area contributed by atoms with Crippen LogP contribution in [0.3, 0.4) is 0 Å². The molecule has 12 nitrogen and oxygen atoms in total. The zero-order valence-electron chi connectivity index (χ0n) is 21.8. The number of carbonyl (C=O) groups excluding carboxylic acids is 4. The highest BCUT2D eigenvalue weighted by molar-refractivity contribution is 6.08. The van der Waals surface area contributed by atoms with Gasteiger partial charge in [0, 0.05) is 55.3 Å². The number of fused-ring (bicyclic) bond motifs is 1. The minimum Gasteiger partial charge on any atom is -0.397 e. The van der Waals surface area contributed by atoms with E-state index in [4.69, 9.17) is 16.4 Å². The number of hydrazine groups is 1. The number of nitrogens with zero attached hydrogens (tertiary/aromatic N) is 4. The molecule has 204 valence electrons. The number of nitrogens with two attached hydrogens (primary N) is 2. The Kier molecular flexibility index (Phi) is 8.25. The van der Waals surface area contributed by atoms with Gasteiger partial charge in [-0.2, -0.15) is 0 Å². The van der Waals surface area contributed by atoms with Crippen LogP contribution in [0.1, 0.15) is 59.4 Å². The van der Waals surface area contributed by atoms with E-state index in [-0.39, 0.29) is 25.2 Å². The number of anilines is 1. The maximum absolute atomic E-state index is 12.9. The van der Waals surface area contributed by atoms with Crippen LogP contribution in [0.4, 0.5) is 5.69 Å². The van der Waals surface area contributed by atoms with Gasteiger partial charge in [-0.05, 0) is 56.5 Å². The largest absolute Gasteiger partial charge is 0.397 e. The highest BCUT2D eigenvalue weighted by Gasteiger charge is 2.32. The monoisotopic (exact) mass is 533 g/mol. The van der Waals surface area contributed by atoms with Gasteiger partial charge in [-0.3, -0.25) is 14.4 Å². The van der Waals surface area contributed by atoms with Crippen molar-refractivity contribution >= 4 is 40.7 Å². The Bertz CT molecular complexity index is 1430. The minimum absolute atomic E-state index is 0.0474. The Hall–Kier alpha value is -4.71. The van der Waals surface area contributed by atoms with Gasteiger partial charge in [-0.25, -0.2) is 15.6 Å². The van der Waals surface area contributed by atoms with Gasteiger partial charge in [0.05, 0.1) is 11.3 Å². The lowest BCUT2D eigenvalue weighted by Gasteiger charge is -2.16. The summed E-state index contributed by atoms with van der Waals surface area (Å²) in [4.78, 5) is 57.1. The summed E-state index contributed by atoms with van der Waals surface area (Å²) in [6.07, 6.45) is 4.58. The highest BCUT2D eigenvalue weighted by Crippen LogP contribution is 2.19. The molecule has 4 rings (SSSR count). The molecular formula is C27H31N7O5. The lowest BCUT2D eigenvalue weighted by atomic mass is 10.1. The van der Waals surface area contributed by atoms with Crippen molar-refractivity contribution in [2.75, 3.05) is 11.9 Å². The first-order valence-corrected chi connectivity index (χ1v) is 12.5. The topological polar surface area (TPSA) is 165 Å². The Morgan fingerprint density at radius 1 is 1.10 bits per heavy atom. The second kappa shape index (κ2) is 11.8. The zero-order chi connectivity index (χ0) is 28.1. The lowest BCUT2D eigenvalue weighted by Crippen LogP contribution is -2.32. The smallest absolute Gasteiger partial charge is 0.333 e. The number of unbranched alkanes of at least 4 members (excludes halogenated alkanes) is 1. The van der Waals surface area contributed by atoms with Gasteiger partial charge in [0.1, 0.15) is 5.65 Å². The standard InChI is InChI=1S/C27H31N7O5/c1-17-15-18(2)33-14-12-21(26(33)30-17)27(38)31-20-8-6-19(7-9-20)22(28)16-32(29)13-4-3-5-25(37)39-34-23(35)10-11-24(34)36/h6-9,12,14-16H,3-5,10-11,13,28-29H2,1-2H3,(H,31,38)/b22-16-. The average Bonchev–Trinajstić information content (AvgIpc) is 3.46. The molecule has 39 heavy (non-hydrogen) atoms. The summed E-state index contributed by atoms with van der Waals surface area (Å²) >= 11 is 0. The minimum atomic E-state index is -0.642. The molecule has 1 aromatic carbocycles. The van der Waals surface area contributed by atoms with Crippen LogP contribution in [0.2, 0.25) is 0 Å². The first-order chi connectivity index (χ1) is 18.6. The third-order valence-electron chi connectivity index (χ3n) is 6.21. The van der Waals surface area contributed by atoms with E-state index in [9.17, 15) is 19.2 Å². The molecule has 0 saturated carbocycles. The lowest BCUT2D eigenvalue weighted by molar-refractivity contribution is -0.197. The Morgan fingerprint density at radius 2 is 1.79 bits per heavy atom. The van der Waals surface area contributed by atoms with E-state index in [0.717, 1.165) is 11.4 Å². The first kappa shape index (κ1) is 27.3. The van der Waals surface area contributed by atoms with Gasteiger partial charge in [-0.1, -0.05) is 12.1 Å². The quantitative estimate of drug-likeness (QED) is 0.154. The Labute approximate surface area is 225 Å². The molecule has 5 N–H and O–H groups in total. The van der Waals surface area contributed by atoms with Gasteiger partial charge in [0.25, 0.3) is 17.7 Å². The summed E-state index contributed by atoms with van der Waals surface area (Å²) in [6, 6.07) is 10.7. The summed E-state index contributed by atoms with van der Waals surface area (Å²) in [5, 5.41) is 4.84. The summed E-state index contributed by atoms with van der Waals surface area (Å²) in [5.74, 6) is 4.10. The van der Waals surface area contributed by atoms with E-state index in [2.05, 4.69) is 10.3 Å². The van der Waals surface area contributed by atoms with Crippen LogP contribution in [0.15, 0.2) is 48.8 Å². The van der Waals surface area contributed by atoms with Crippen LogP contribution in [-0.2, 0) is 19.2 Å². The van der Waals surface area contributed by atoms with Gasteiger partial charge >= 0.3 is 5.97 Å². The molecule has 1 saturated heterocycles. The summed E-state index contributed by atoms with van der Waals surface area (Å²) < 4.78 is 1.87. The molecule has 2 aromatic heterocycles. The third kappa shape index (κ3) is 6.60. The van der Waals surface area contributed by atoms with E-state index in [1.807, 2.05) is 30.5 Å². The number of hydrogen-bond donors (Lipinski definition) is 3. The van der Waals surface area contributed by atoms with Gasteiger partial charge in [0.2, 0.25) is 0 Å². The number of imide groups is 1. The van der Waals surface area contributed by atoms with Crippen molar-refractivity contribution in [1.82, 2.24) is 19.5 Å². The predicted octanol–water partition coefficient (Wildman–Crippen LogP) is 2.41. The Balaban J connectivity index is 1.25. The number of hydroxylamine groups is 2. The number of carbonyl (C=O) groups is 4.